The van der Waals surface area contributed by atoms with Crippen molar-refractivity contribution in [2.45, 2.75) is 44.6 Å². The van der Waals surface area contributed by atoms with Crippen LogP contribution in [0.4, 0.5) is 4.79 Å². The molecule has 2 atom stereocenters. The van der Waals surface area contributed by atoms with Crippen molar-refractivity contribution in [1.82, 2.24) is 10.2 Å². The predicted molar refractivity (Wildman–Crippen MR) is 153 cm³/mol. The van der Waals surface area contributed by atoms with Crippen molar-refractivity contribution in [2.24, 2.45) is 11.8 Å². The van der Waals surface area contributed by atoms with E-state index in [2.05, 4.69) is 29.6 Å². The Bertz CT molecular complexity index is 1300. The molecule has 0 radical (unpaired) electrons. The van der Waals surface area contributed by atoms with E-state index < -0.39 is 12.1 Å². The molecular formula is C33H36N2O5. The molecule has 0 heterocycles. The number of carbonyl (C=O) groups excluding carboxylic acids is 2. The molecule has 0 aromatic heterocycles. The van der Waals surface area contributed by atoms with Gasteiger partial charge in [-0.05, 0) is 58.9 Å². The van der Waals surface area contributed by atoms with Gasteiger partial charge < -0.3 is 20.1 Å². The number of carboxylic acid groups (broad SMARTS) is 1. The molecule has 5 rings (SSSR count). The maximum atomic E-state index is 13.1. The van der Waals surface area contributed by atoms with Gasteiger partial charge in [-0.25, -0.2) is 4.79 Å². The van der Waals surface area contributed by atoms with E-state index in [0.717, 1.165) is 24.8 Å². The highest BCUT2D eigenvalue weighted by molar-refractivity contribution is 5.79. The summed E-state index contributed by atoms with van der Waals surface area (Å²) in [6, 6.07) is 26.2. The first-order chi connectivity index (χ1) is 19.5. The number of fused-ring (bicyclic) bond motifs is 3. The number of alkyl carbamates (subject to hydrolysis) is 1. The lowest BCUT2D eigenvalue weighted by molar-refractivity contribution is -0.139. The molecule has 208 valence electrons. The topological polar surface area (TPSA) is 95.9 Å². The number of nitrogens with zero attached hydrogens (tertiary/aromatic N) is 1. The molecule has 2 unspecified atom stereocenters. The lowest BCUT2D eigenvalue weighted by Crippen LogP contribution is -2.33. The highest BCUT2D eigenvalue weighted by Gasteiger charge is 2.30. The number of benzene rings is 3. The van der Waals surface area contributed by atoms with E-state index in [1.165, 1.54) is 22.3 Å². The summed E-state index contributed by atoms with van der Waals surface area (Å²) in [5.41, 5.74) is 5.75. The molecule has 1 saturated carbocycles. The summed E-state index contributed by atoms with van der Waals surface area (Å²) in [5.74, 6) is -0.379. The van der Waals surface area contributed by atoms with Gasteiger partial charge in [0.2, 0.25) is 5.91 Å². The van der Waals surface area contributed by atoms with Gasteiger partial charge in [-0.15, -0.1) is 0 Å². The van der Waals surface area contributed by atoms with Crippen LogP contribution < -0.4 is 5.32 Å². The zero-order valence-corrected chi connectivity index (χ0v) is 22.6. The van der Waals surface area contributed by atoms with Crippen molar-refractivity contribution in [3.8, 4) is 11.1 Å². The van der Waals surface area contributed by atoms with Gasteiger partial charge in [0.15, 0.2) is 0 Å². The minimum Gasteiger partial charge on any atom is -0.481 e. The largest absolute Gasteiger partial charge is 0.481 e. The molecule has 7 heteroatoms. The van der Waals surface area contributed by atoms with Gasteiger partial charge in [0.25, 0.3) is 0 Å². The lowest BCUT2D eigenvalue weighted by Gasteiger charge is -2.24. The van der Waals surface area contributed by atoms with Crippen LogP contribution in [0, 0.1) is 11.8 Å². The van der Waals surface area contributed by atoms with Crippen LogP contribution in [0.25, 0.3) is 11.1 Å². The average molecular weight is 541 g/mol. The molecule has 0 saturated heterocycles. The minimum absolute atomic E-state index is 0.0137. The molecule has 2 aliphatic carbocycles. The quantitative estimate of drug-likeness (QED) is 0.319. The van der Waals surface area contributed by atoms with Crippen LogP contribution in [0.2, 0.25) is 0 Å². The van der Waals surface area contributed by atoms with Gasteiger partial charge in [0, 0.05) is 32.0 Å². The van der Waals surface area contributed by atoms with Crippen molar-refractivity contribution >= 4 is 18.0 Å². The molecular weight excluding hydrogens is 504 g/mol. The van der Waals surface area contributed by atoms with Crippen LogP contribution in [0.15, 0.2) is 78.9 Å². The van der Waals surface area contributed by atoms with E-state index in [9.17, 15) is 14.4 Å². The molecule has 2 amide bonds. The fourth-order valence-electron chi connectivity index (χ4n) is 6.13. The number of amides is 2. The highest BCUT2D eigenvalue weighted by atomic mass is 16.5. The second-order valence-electron chi connectivity index (χ2n) is 10.9. The molecule has 0 bridgehead atoms. The third kappa shape index (κ3) is 6.71. The first-order valence-electron chi connectivity index (χ1n) is 14.1. The maximum Gasteiger partial charge on any atom is 0.407 e. The van der Waals surface area contributed by atoms with Crippen molar-refractivity contribution in [3.63, 3.8) is 0 Å². The summed E-state index contributed by atoms with van der Waals surface area (Å²) in [6.07, 6.45) is 2.62. The molecule has 7 nitrogen and oxygen atoms in total. The van der Waals surface area contributed by atoms with Gasteiger partial charge in [0.1, 0.15) is 6.61 Å². The number of rotatable bonds is 11. The number of nitrogens with one attached hydrogen (secondary N) is 1. The standard InChI is InChI=1S/C33H36N2O5/c36-31(35(17-16-32(37)38)21-23-8-2-1-3-9-23)19-24-14-15-25(18-24)20-34-33(39)40-22-30-28-12-6-4-10-26(28)27-11-5-7-13-29(27)30/h1-13,24-25,30H,14-22H2,(H,34,39)(H,37,38). The van der Waals surface area contributed by atoms with Crippen molar-refractivity contribution in [2.75, 3.05) is 19.7 Å². The first-order valence-corrected chi connectivity index (χ1v) is 14.1. The van der Waals surface area contributed by atoms with Crippen molar-refractivity contribution in [1.29, 1.82) is 0 Å². The Kier molecular flexibility index (Phi) is 8.79. The van der Waals surface area contributed by atoms with Gasteiger partial charge in [-0.2, -0.15) is 0 Å². The molecule has 2 aliphatic rings. The van der Waals surface area contributed by atoms with Gasteiger partial charge in [-0.3, -0.25) is 9.59 Å². The second-order valence-corrected chi connectivity index (χ2v) is 10.9. The van der Waals surface area contributed by atoms with Crippen molar-refractivity contribution in [3.05, 3.63) is 95.6 Å². The molecule has 0 spiro atoms. The van der Waals surface area contributed by atoms with E-state index in [-0.39, 0.29) is 37.3 Å². The van der Waals surface area contributed by atoms with Crippen molar-refractivity contribution < 1.29 is 24.2 Å². The number of aliphatic carboxylic acids is 1. The van der Waals surface area contributed by atoms with Gasteiger partial charge in [0.05, 0.1) is 6.42 Å². The summed E-state index contributed by atoms with van der Waals surface area (Å²) >= 11 is 0. The molecule has 1 fully saturated rings. The van der Waals surface area contributed by atoms with E-state index in [4.69, 9.17) is 9.84 Å². The third-order valence-corrected chi connectivity index (χ3v) is 8.16. The number of hydrogen-bond donors (Lipinski definition) is 2. The fourth-order valence-corrected chi connectivity index (χ4v) is 6.13. The lowest BCUT2D eigenvalue weighted by atomic mass is 9.98. The Labute approximate surface area is 235 Å². The second kappa shape index (κ2) is 12.8. The van der Waals surface area contributed by atoms with E-state index in [1.807, 2.05) is 54.6 Å². The number of hydrogen-bond acceptors (Lipinski definition) is 4. The molecule has 0 aliphatic heterocycles. The van der Waals surface area contributed by atoms with Crippen LogP contribution >= 0.6 is 0 Å². The van der Waals surface area contributed by atoms with E-state index in [0.29, 0.717) is 25.4 Å². The van der Waals surface area contributed by atoms with Gasteiger partial charge >= 0.3 is 12.1 Å². The highest BCUT2D eigenvalue weighted by Crippen LogP contribution is 2.44. The van der Waals surface area contributed by atoms with E-state index >= 15 is 0 Å². The normalized spacial score (nSPS) is 17.6. The Morgan fingerprint density at radius 3 is 2.15 bits per heavy atom. The summed E-state index contributed by atoms with van der Waals surface area (Å²) < 4.78 is 5.67. The zero-order chi connectivity index (χ0) is 27.9. The summed E-state index contributed by atoms with van der Waals surface area (Å²) in [5, 5.41) is 12.1. The van der Waals surface area contributed by atoms with Crippen LogP contribution in [0.3, 0.4) is 0 Å². The van der Waals surface area contributed by atoms with Crippen LogP contribution in [-0.4, -0.2) is 47.7 Å². The smallest absolute Gasteiger partial charge is 0.407 e. The number of ether oxygens (including phenoxy) is 1. The molecule has 2 N–H and O–H groups in total. The Hall–Kier alpha value is -4.13. The third-order valence-electron chi connectivity index (χ3n) is 8.16. The molecule has 40 heavy (non-hydrogen) atoms. The Morgan fingerprint density at radius 1 is 0.850 bits per heavy atom. The van der Waals surface area contributed by atoms with Crippen LogP contribution in [0.1, 0.15) is 54.7 Å². The molecule has 3 aromatic carbocycles. The zero-order valence-electron chi connectivity index (χ0n) is 22.6. The maximum absolute atomic E-state index is 13.1. The fraction of sp³-hybridized carbons (Fsp3) is 0.364. The Morgan fingerprint density at radius 2 is 1.48 bits per heavy atom. The molecule has 3 aromatic rings. The summed E-state index contributed by atoms with van der Waals surface area (Å²) in [4.78, 5) is 38.5. The minimum atomic E-state index is -0.911. The number of carbonyl (C=O) groups is 3. The van der Waals surface area contributed by atoms with Gasteiger partial charge in [-0.1, -0.05) is 78.9 Å². The first kappa shape index (κ1) is 27.4. The summed E-state index contributed by atoms with van der Waals surface area (Å²) in [7, 11) is 0. The average Bonchev–Trinajstić information content (AvgIpc) is 3.55. The SMILES string of the molecule is O=C(O)CCN(Cc1ccccc1)C(=O)CC1CCC(CNC(=O)OCC2c3ccccc3-c3ccccc32)C1. The van der Waals surface area contributed by atoms with Crippen LogP contribution in [0.5, 0.6) is 0 Å². The predicted octanol–water partition coefficient (Wildman–Crippen LogP) is 5.84. The monoisotopic (exact) mass is 540 g/mol. The summed E-state index contributed by atoms with van der Waals surface area (Å²) in [6.45, 7) is 1.42. The Balaban J connectivity index is 1.08. The van der Waals surface area contributed by atoms with E-state index in [1.54, 1.807) is 4.90 Å². The number of carboxylic acids is 1. The van der Waals surface area contributed by atoms with Crippen LogP contribution in [-0.2, 0) is 20.9 Å².